The number of rotatable bonds is 9. The summed E-state index contributed by atoms with van der Waals surface area (Å²) in [4.78, 5) is 33.7. The summed E-state index contributed by atoms with van der Waals surface area (Å²) >= 11 is 0. The van der Waals surface area contributed by atoms with Crippen molar-refractivity contribution in [1.82, 2.24) is 0 Å². The predicted molar refractivity (Wildman–Crippen MR) is 197 cm³/mol. The molecule has 0 aliphatic heterocycles. The zero-order chi connectivity index (χ0) is 34.4. The number of hydrogen-bond donors (Lipinski definition) is 1. The van der Waals surface area contributed by atoms with Gasteiger partial charge >= 0.3 is 5.97 Å². The first-order valence-corrected chi connectivity index (χ1v) is 16.0. The van der Waals surface area contributed by atoms with E-state index in [0.29, 0.717) is 24.4 Å². The van der Waals surface area contributed by atoms with E-state index in [4.69, 9.17) is 9.47 Å². The molecule has 0 spiro atoms. The highest BCUT2D eigenvalue weighted by atomic mass is 16.5. The maximum Gasteiger partial charge on any atom is 0.335 e. The third kappa shape index (κ3) is 5.20. The normalized spacial score (nSPS) is 11.2. The first kappa shape index (κ1) is 30.5. The molecule has 1 N–H and O–H groups in total. The number of ether oxygens (including phenoxy) is 2. The van der Waals surface area contributed by atoms with E-state index in [1.165, 1.54) is 5.56 Å². The number of aromatic carboxylic acids is 1. The number of hydrogen-bond acceptors (Lipinski definition) is 5. The molecule has 6 heteroatoms. The molecule has 0 saturated heterocycles. The molecule has 6 nitrogen and oxygen atoms in total. The summed E-state index contributed by atoms with van der Waals surface area (Å²) in [7, 11) is 0. The molecule has 50 heavy (non-hydrogen) atoms. The lowest BCUT2D eigenvalue weighted by Crippen LogP contribution is -1.96. The van der Waals surface area contributed by atoms with Crippen LogP contribution in [0.2, 0.25) is 0 Å². The molecule has 0 fully saturated rings. The highest BCUT2D eigenvalue weighted by Gasteiger charge is 2.21. The lowest BCUT2D eigenvalue weighted by atomic mass is 9.82. The first-order valence-electron chi connectivity index (χ1n) is 16.0. The minimum atomic E-state index is -0.979. The van der Waals surface area contributed by atoms with Gasteiger partial charge in [-0.25, -0.2) is 4.79 Å². The van der Waals surface area contributed by atoms with Crippen molar-refractivity contribution in [2.24, 2.45) is 0 Å². The molecule has 8 rings (SSSR count). The molecule has 8 aromatic carbocycles. The van der Waals surface area contributed by atoms with Crippen LogP contribution in [0.3, 0.4) is 0 Å². The van der Waals surface area contributed by atoms with Gasteiger partial charge in [-0.15, -0.1) is 0 Å². The summed E-state index contributed by atoms with van der Waals surface area (Å²) in [5.41, 5.74) is 9.35. The minimum absolute atomic E-state index is 0.217. The number of carboxylic acid groups (broad SMARTS) is 1. The Bertz CT molecular complexity index is 2570. The maximum absolute atomic E-state index is 11.7. The Morgan fingerprint density at radius 2 is 0.800 bits per heavy atom. The third-order valence-corrected chi connectivity index (χ3v) is 9.40. The van der Waals surface area contributed by atoms with Crippen LogP contribution < -0.4 is 9.47 Å². The van der Waals surface area contributed by atoms with E-state index in [9.17, 15) is 19.5 Å². The first-order chi connectivity index (χ1) is 24.4. The second-order valence-electron chi connectivity index (χ2n) is 12.2. The van der Waals surface area contributed by atoms with Gasteiger partial charge in [0.15, 0.2) is 0 Å². The van der Waals surface area contributed by atoms with Crippen LogP contribution in [-0.2, 0) is 9.59 Å². The average Bonchev–Trinajstić information content (AvgIpc) is 3.15. The van der Waals surface area contributed by atoms with E-state index >= 15 is 0 Å². The Morgan fingerprint density at radius 3 is 1.12 bits per heavy atom. The molecule has 0 bridgehead atoms. The summed E-state index contributed by atoms with van der Waals surface area (Å²) in [5.74, 6) is -0.0666. The fourth-order valence-corrected chi connectivity index (χ4v) is 7.01. The Kier molecular flexibility index (Phi) is 7.54. The lowest BCUT2D eigenvalue weighted by Gasteiger charge is -2.21. The molecule has 240 valence electrons. The van der Waals surface area contributed by atoms with E-state index in [0.717, 1.165) is 76.8 Å². The number of carbonyl (C=O) groups is 3. The minimum Gasteiger partial charge on any atom is -0.478 e. The van der Waals surface area contributed by atoms with Crippen molar-refractivity contribution < 1.29 is 29.0 Å². The molecular formula is C44H28O6. The van der Waals surface area contributed by atoms with Crippen LogP contribution in [0.5, 0.6) is 11.5 Å². The zero-order valence-electron chi connectivity index (χ0n) is 26.8. The van der Waals surface area contributed by atoms with Gasteiger partial charge in [-0.3, -0.25) is 9.59 Å². The Labute approximate surface area is 287 Å². The largest absolute Gasteiger partial charge is 0.478 e. The van der Waals surface area contributed by atoms with Crippen LogP contribution in [0.4, 0.5) is 0 Å². The molecule has 8 aromatic rings. The van der Waals surface area contributed by atoms with Crippen molar-refractivity contribution in [1.29, 1.82) is 0 Å². The molecule has 0 aromatic heterocycles. The van der Waals surface area contributed by atoms with Crippen molar-refractivity contribution in [2.75, 3.05) is 0 Å². The number of aryl methyl sites for hydroxylation is 1. The highest BCUT2D eigenvalue weighted by molar-refractivity contribution is 6.32. The quantitative estimate of drug-likeness (QED) is 0.123. The summed E-state index contributed by atoms with van der Waals surface area (Å²) in [6, 6.07) is 43.5. The van der Waals surface area contributed by atoms with Crippen LogP contribution >= 0.6 is 0 Å². The number of benzene rings is 8. The third-order valence-electron chi connectivity index (χ3n) is 9.40. The standard InChI is InChI=1S/C44H28O6/c1-26-2-4-27(5-3-26)38-22-40(29-10-14-32(15-11-29)49-24-45)36-20-21-37-41(30-12-16-33(17-13-30)50-25-46)23-39(28-6-8-31(9-7-28)44(47)48)35-19-18-34(38)42(36)43(35)37/h2-25H,1H3,(H,47,48). The molecule has 0 amide bonds. The van der Waals surface area contributed by atoms with Gasteiger partial charge < -0.3 is 14.6 Å². The van der Waals surface area contributed by atoms with Gasteiger partial charge in [0.2, 0.25) is 0 Å². The maximum atomic E-state index is 11.7. The molecule has 0 atom stereocenters. The van der Waals surface area contributed by atoms with Crippen LogP contribution in [0.1, 0.15) is 15.9 Å². The second kappa shape index (κ2) is 12.3. The molecule has 0 unspecified atom stereocenters. The topological polar surface area (TPSA) is 89.9 Å². The number of carboxylic acids is 1. The predicted octanol–water partition coefficient (Wildman–Crippen LogP) is 10.3. The van der Waals surface area contributed by atoms with E-state index in [1.807, 2.05) is 36.4 Å². The van der Waals surface area contributed by atoms with Crippen LogP contribution in [0.15, 0.2) is 133 Å². The molecule has 0 saturated carbocycles. The molecular weight excluding hydrogens is 624 g/mol. The van der Waals surface area contributed by atoms with Crippen LogP contribution in [0.25, 0.3) is 76.8 Å². The average molecular weight is 653 g/mol. The summed E-state index contributed by atoms with van der Waals surface area (Å²) in [6.07, 6.45) is 0. The van der Waals surface area contributed by atoms with Gasteiger partial charge in [-0.05, 0) is 132 Å². The van der Waals surface area contributed by atoms with E-state index in [1.54, 1.807) is 36.4 Å². The second-order valence-corrected chi connectivity index (χ2v) is 12.2. The van der Waals surface area contributed by atoms with Crippen molar-refractivity contribution in [3.05, 3.63) is 145 Å². The van der Waals surface area contributed by atoms with Crippen molar-refractivity contribution in [2.45, 2.75) is 6.92 Å². The van der Waals surface area contributed by atoms with Crippen molar-refractivity contribution in [3.63, 3.8) is 0 Å². The fraction of sp³-hybridized carbons (Fsp3) is 0.0227. The zero-order valence-corrected chi connectivity index (χ0v) is 26.8. The van der Waals surface area contributed by atoms with Crippen molar-refractivity contribution in [3.8, 4) is 56.0 Å². The van der Waals surface area contributed by atoms with Gasteiger partial charge in [0.1, 0.15) is 11.5 Å². The smallest absolute Gasteiger partial charge is 0.335 e. The van der Waals surface area contributed by atoms with Gasteiger partial charge in [0.25, 0.3) is 12.9 Å². The molecule has 0 radical (unpaired) electrons. The van der Waals surface area contributed by atoms with Gasteiger partial charge in [0, 0.05) is 0 Å². The van der Waals surface area contributed by atoms with Crippen molar-refractivity contribution >= 4 is 51.2 Å². The molecule has 0 heterocycles. The van der Waals surface area contributed by atoms with E-state index < -0.39 is 5.97 Å². The number of carbonyl (C=O) groups excluding carboxylic acids is 2. The van der Waals surface area contributed by atoms with Gasteiger partial charge in [0.05, 0.1) is 5.56 Å². The Morgan fingerprint density at radius 1 is 0.480 bits per heavy atom. The van der Waals surface area contributed by atoms with Crippen LogP contribution in [-0.4, -0.2) is 24.0 Å². The van der Waals surface area contributed by atoms with E-state index in [2.05, 4.69) is 67.6 Å². The highest BCUT2D eigenvalue weighted by Crippen LogP contribution is 2.48. The summed E-state index contributed by atoms with van der Waals surface area (Å²) < 4.78 is 10.2. The molecule has 0 aliphatic carbocycles. The Balaban J connectivity index is 1.49. The SMILES string of the molecule is Cc1ccc(-c2cc(-c3ccc(OC=O)cc3)c3ccc4c(-c5ccc(OC=O)cc5)cc(-c5ccc(C(=O)O)cc5)c5ccc2c3c45)cc1. The summed E-state index contributed by atoms with van der Waals surface area (Å²) in [5, 5.41) is 16.0. The lowest BCUT2D eigenvalue weighted by molar-refractivity contribution is -0.121. The summed E-state index contributed by atoms with van der Waals surface area (Å²) in [6.45, 7) is 2.91. The van der Waals surface area contributed by atoms with Crippen LogP contribution in [0, 0.1) is 6.92 Å². The van der Waals surface area contributed by atoms with Gasteiger partial charge in [-0.1, -0.05) is 90.5 Å². The van der Waals surface area contributed by atoms with Gasteiger partial charge in [-0.2, -0.15) is 0 Å². The fourth-order valence-electron chi connectivity index (χ4n) is 7.01. The molecule has 0 aliphatic rings. The van der Waals surface area contributed by atoms with E-state index in [-0.39, 0.29) is 5.56 Å². The monoisotopic (exact) mass is 652 g/mol. The Hall–Kier alpha value is -6.79.